The molecule has 1 rings (SSSR count). The van der Waals surface area contributed by atoms with Crippen molar-refractivity contribution < 1.29 is 4.39 Å². The minimum absolute atomic E-state index is 0.208. The van der Waals surface area contributed by atoms with Gasteiger partial charge in [-0.05, 0) is 11.6 Å². The molecule has 0 heterocycles. The molecule has 4 N–H and O–H groups in total. The Morgan fingerprint density at radius 1 is 1.18 bits per heavy atom. The van der Waals surface area contributed by atoms with Crippen LogP contribution in [0.5, 0.6) is 0 Å². The summed E-state index contributed by atoms with van der Waals surface area (Å²) in [5.41, 5.74) is 12.0. The molecular weight excluding hydrogens is 143 g/mol. The fraction of sp³-hybridized carbons (Fsp3) is 0.250. The SMILES string of the molecule is NCc1cccc(F)c1CN. The van der Waals surface area contributed by atoms with Gasteiger partial charge in [-0.25, -0.2) is 4.39 Å². The van der Waals surface area contributed by atoms with Gasteiger partial charge in [-0.2, -0.15) is 0 Å². The Hall–Kier alpha value is -0.930. The van der Waals surface area contributed by atoms with Crippen molar-refractivity contribution in [3.05, 3.63) is 35.1 Å². The molecule has 0 aliphatic rings. The number of benzene rings is 1. The van der Waals surface area contributed by atoms with Gasteiger partial charge in [0, 0.05) is 18.7 Å². The van der Waals surface area contributed by atoms with E-state index in [1.54, 1.807) is 12.1 Å². The first kappa shape index (κ1) is 8.17. The Labute approximate surface area is 65.0 Å². The maximum Gasteiger partial charge on any atom is 0.128 e. The largest absolute Gasteiger partial charge is 0.326 e. The van der Waals surface area contributed by atoms with Crippen LogP contribution in [0.3, 0.4) is 0 Å². The second-order valence-electron chi connectivity index (χ2n) is 2.29. The summed E-state index contributed by atoms with van der Waals surface area (Å²) in [6, 6.07) is 4.81. The number of hydrogen-bond donors (Lipinski definition) is 2. The van der Waals surface area contributed by atoms with Crippen LogP contribution in [0.25, 0.3) is 0 Å². The van der Waals surface area contributed by atoms with Crippen LogP contribution in [0.15, 0.2) is 18.2 Å². The molecule has 1 aromatic carbocycles. The van der Waals surface area contributed by atoms with Crippen molar-refractivity contribution in [3.8, 4) is 0 Å². The predicted molar refractivity (Wildman–Crippen MR) is 42.2 cm³/mol. The third-order valence-corrected chi connectivity index (χ3v) is 1.64. The fourth-order valence-corrected chi connectivity index (χ4v) is 1.02. The van der Waals surface area contributed by atoms with Gasteiger partial charge in [0.25, 0.3) is 0 Å². The lowest BCUT2D eigenvalue weighted by Crippen LogP contribution is -2.07. The van der Waals surface area contributed by atoms with Crippen LogP contribution in [-0.2, 0) is 13.1 Å². The molecule has 0 aromatic heterocycles. The monoisotopic (exact) mass is 154 g/mol. The van der Waals surface area contributed by atoms with E-state index in [1.807, 2.05) is 0 Å². The number of halogens is 1. The molecule has 1 aromatic rings. The van der Waals surface area contributed by atoms with Crippen molar-refractivity contribution in [2.75, 3.05) is 0 Å². The van der Waals surface area contributed by atoms with Crippen molar-refractivity contribution in [1.29, 1.82) is 0 Å². The molecule has 0 spiro atoms. The van der Waals surface area contributed by atoms with Gasteiger partial charge in [-0.3, -0.25) is 0 Å². The van der Waals surface area contributed by atoms with Crippen molar-refractivity contribution in [1.82, 2.24) is 0 Å². The number of rotatable bonds is 2. The zero-order valence-electron chi connectivity index (χ0n) is 6.18. The smallest absolute Gasteiger partial charge is 0.128 e. The summed E-state index contributed by atoms with van der Waals surface area (Å²) in [6.45, 7) is 0.545. The van der Waals surface area contributed by atoms with Crippen LogP contribution in [0.4, 0.5) is 4.39 Å². The maximum absolute atomic E-state index is 12.9. The van der Waals surface area contributed by atoms with Gasteiger partial charge in [-0.15, -0.1) is 0 Å². The number of nitrogens with two attached hydrogens (primary N) is 2. The maximum atomic E-state index is 12.9. The Kier molecular flexibility index (Phi) is 2.57. The first-order valence-electron chi connectivity index (χ1n) is 3.46. The van der Waals surface area contributed by atoms with Crippen molar-refractivity contribution in [2.45, 2.75) is 13.1 Å². The Balaban J connectivity index is 3.13. The van der Waals surface area contributed by atoms with Crippen molar-refractivity contribution >= 4 is 0 Å². The van der Waals surface area contributed by atoms with Gasteiger partial charge in [0.2, 0.25) is 0 Å². The van der Waals surface area contributed by atoms with Crippen LogP contribution in [-0.4, -0.2) is 0 Å². The van der Waals surface area contributed by atoms with E-state index in [1.165, 1.54) is 6.07 Å². The molecule has 0 fully saturated rings. The van der Waals surface area contributed by atoms with E-state index in [0.29, 0.717) is 12.1 Å². The molecule has 3 heteroatoms. The lowest BCUT2D eigenvalue weighted by molar-refractivity contribution is 0.607. The Morgan fingerprint density at radius 2 is 1.91 bits per heavy atom. The van der Waals surface area contributed by atoms with Gasteiger partial charge in [-0.1, -0.05) is 12.1 Å². The van der Waals surface area contributed by atoms with Crippen molar-refractivity contribution in [2.24, 2.45) is 11.5 Å². The summed E-state index contributed by atoms with van der Waals surface area (Å²) >= 11 is 0. The first-order valence-corrected chi connectivity index (χ1v) is 3.46. The van der Waals surface area contributed by atoms with Gasteiger partial charge < -0.3 is 11.5 Å². The minimum atomic E-state index is -0.268. The Bertz CT molecular complexity index is 248. The summed E-state index contributed by atoms with van der Waals surface area (Å²) in [5.74, 6) is -0.268. The van der Waals surface area contributed by atoms with Gasteiger partial charge in [0.1, 0.15) is 5.82 Å². The van der Waals surface area contributed by atoms with E-state index in [2.05, 4.69) is 0 Å². The summed E-state index contributed by atoms with van der Waals surface area (Å²) in [7, 11) is 0. The average Bonchev–Trinajstić information content (AvgIpc) is 2.04. The molecule has 0 radical (unpaired) electrons. The standard InChI is InChI=1S/C8H11FN2/c9-8-3-1-2-6(4-10)7(8)5-11/h1-3H,4-5,10-11H2. The van der Waals surface area contributed by atoms with E-state index in [9.17, 15) is 4.39 Å². The molecule has 0 unspecified atom stereocenters. The van der Waals surface area contributed by atoms with Crippen LogP contribution in [0.1, 0.15) is 11.1 Å². The predicted octanol–water partition coefficient (Wildman–Crippen LogP) is 0.743. The first-order chi connectivity index (χ1) is 5.29. The van der Waals surface area contributed by atoms with E-state index in [-0.39, 0.29) is 12.4 Å². The summed E-state index contributed by atoms with van der Waals surface area (Å²) in [6.07, 6.45) is 0. The quantitative estimate of drug-likeness (QED) is 0.660. The fourth-order valence-electron chi connectivity index (χ4n) is 1.02. The molecule has 0 aliphatic heterocycles. The molecule has 0 atom stereocenters. The lowest BCUT2D eigenvalue weighted by Gasteiger charge is -2.04. The third kappa shape index (κ3) is 1.56. The third-order valence-electron chi connectivity index (χ3n) is 1.64. The molecular formula is C8H11FN2. The second kappa shape index (κ2) is 3.46. The summed E-state index contributed by atoms with van der Waals surface area (Å²) in [4.78, 5) is 0. The van der Waals surface area contributed by atoms with Crippen LogP contribution in [0, 0.1) is 5.82 Å². The van der Waals surface area contributed by atoms with Crippen LogP contribution < -0.4 is 11.5 Å². The van der Waals surface area contributed by atoms with Gasteiger partial charge in [0.15, 0.2) is 0 Å². The zero-order chi connectivity index (χ0) is 8.27. The normalized spacial score (nSPS) is 10.1. The second-order valence-corrected chi connectivity index (χ2v) is 2.29. The van der Waals surface area contributed by atoms with E-state index >= 15 is 0 Å². The molecule has 0 amide bonds. The lowest BCUT2D eigenvalue weighted by atomic mass is 10.1. The highest BCUT2D eigenvalue weighted by Crippen LogP contribution is 2.11. The topological polar surface area (TPSA) is 52.0 Å². The van der Waals surface area contributed by atoms with E-state index in [4.69, 9.17) is 11.5 Å². The number of hydrogen-bond acceptors (Lipinski definition) is 2. The van der Waals surface area contributed by atoms with Gasteiger partial charge >= 0.3 is 0 Å². The summed E-state index contributed by atoms with van der Waals surface area (Å²) in [5, 5.41) is 0. The molecule has 2 nitrogen and oxygen atoms in total. The molecule has 11 heavy (non-hydrogen) atoms. The molecule has 0 saturated heterocycles. The molecule has 0 bridgehead atoms. The molecule has 0 aliphatic carbocycles. The minimum Gasteiger partial charge on any atom is -0.326 e. The highest BCUT2D eigenvalue weighted by molar-refractivity contribution is 5.28. The highest BCUT2D eigenvalue weighted by atomic mass is 19.1. The van der Waals surface area contributed by atoms with E-state index in [0.717, 1.165) is 5.56 Å². The Morgan fingerprint density at radius 3 is 2.36 bits per heavy atom. The zero-order valence-corrected chi connectivity index (χ0v) is 6.18. The van der Waals surface area contributed by atoms with Gasteiger partial charge in [0.05, 0.1) is 0 Å². The summed E-state index contributed by atoms with van der Waals surface area (Å²) < 4.78 is 12.9. The highest BCUT2D eigenvalue weighted by Gasteiger charge is 2.03. The van der Waals surface area contributed by atoms with E-state index < -0.39 is 0 Å². The molecule has 0 saturated carbocycles. The van der Waals surface area contributed by atoms with Crippen LogP contribution in [0.2, 0.25) is 0 Å². The average molecular weight is 154 g/mol. The van der Waals surface area contributed by atoms with Crippen molar-refractivity contribution in [3.63, 3.8) is 0 Å². The molecule has 60 valence electrons. The van der Waals surface area contributed by atoms with Crippen LogP contribution >= 0.6 is 0 Å².